The smallest absolute Gasteiger partial charge is 0.336 e. The quantitative estimate of drug-likeness (QED) is 0.107. The molecule has 0 radical (unpaired) electrons. The molecule has 9 heteroatoms. The average molecular weight is 378 g/mol. The van der Waals surface area contributed by atoms with Gasteiger partial charge in [0.1, 0.15) is 6.29 Å². The van der Waals surface area contributed by atoms with Crippen molar-refractivity contribution in [2.24, 2.45) is 0 Å². The first-order valence-electron chi connectivity index (χ1n) is 8.62. The summed E-state index contributed by atoms with van der Waals surface area (Å²) in [5, 5.41) is 22.5. The van der Waals surface area contributed by atoms with Crippen LogP contribution in [-0.2, 0) is 9.59 Å². The summed E-state index contributed by atoms with van der Waals surface area (Å²) in [7, 11) is 0. The largest absolute Gasteiger partial charge is 0.416 e. The van der Waals surface area contributed by atoms with E-state index in [1.165, 1.54) is 6.08 Å². The Labute approximate surface area is 156 Å². The molecule has 0 saturated heterocycles. The summed E-state index contributed by atoms with van der Waals surface area (Å²) in [5.41, 5.74) is -1.29. The van der Waals surface area contributed by atoms with Gasteiger partial charge in [-0.3, -0.25) is 20.2 Å². The number of nitro groups is 2. The lowest BCUT2D eigenvalue weighted by molar-refractivity contribution is -0.394. The minimum absolute atomic E-state index is 0.0275. The minimum Gasteiger partial charge on any atom is -0.416 e. The van der Waals surface area contributed by atoms with Gasteiger partial charge < -0.3 is 9.53 Å². The van der Waals surface area contributed by atoms with Gasteiger partial charge in [0.2, 0.25) is 5.75 Å². The van der Waals surface area contributed by atoms with E-state index < -0.39 is 38.9 Å². The maximum atomic E-state index is 11.8. The molecule has 27 heavy (non-hydrogen) atoms. The number of aldehydes is 1. The van der Waals surface area contributed by atoms with Crippen LogP contribution in [-0.4, -0.2) is 22.1 Å². The number of ether oxygens (including phenoxy) is 1. The minimum atomic E-state index is -0.869. The molecule has 1 aromatic carbocycles. The monoisotopic (exact) mass is 378 g/mol. The zero-order valence-corrected chi connectivity index (χ0v) is 15.3. The number of esters is 1. The van der Waals surface area contributed by atoms with Gasteiger partial charge in [-0.2, -0.15) is 0 Å². The highest BCUT2D eigenvalue weighted by molar-refractivity contribution is 5.85. The van der Waals surface area contributed by atoms with E-state index in [0.29, 0.717) is 19.1 Å². The van der Waals surface area contributed by atoms with Gasteiger partial charge in [0, 0.05) is 23.6 Å². The zero-order valence-electron chi connectivity index (χ0n) is 15.3. The van der Waals surface area contributed by atoms with Crippen LogP contribution in [0.4, 0.5) is 11.4 Å². The molecule has 0 aliphatic heterocycles. The molecule has 9 nitrogen and oxygen atoms in total. The van der Waals surface area contributed by atoms with E-state index in [9.17, 15) is 29.8 Å². The Morgan fingerprint density at radius 2 is 1.89 bits per heavy atom. The van der Waals surface area contributed by atoms with E-state index >= 15 is 0 Å². The fourth-order valence-corrected chi connectivity index (χ4v) is 2.61. The van der Waals surface area contributed by atoms with Gasteiger partial charge in [-0.05, 0) is 13.3 Å². The number of carbonyl (C=O) groups excluding carboxylic acids is 2. The zero-order chi connectivity index (χ0) is 20.4. The maximum Gasteiger partial charge on any atom is 0.336 e. The van der Waals surface area contributed by atoms with Crippen molar-refractivity contribution in [2.75, 3.05) is 0 Å². The molecular formula is C18H22N2O7. The molecule has 0 fully saturated rings. The van der Waals surface area contributed by atoms with Crippen LogP contribution in [0.3, 0.4) is 0 Å². The van der Waals surface area contributed by atoms with Gasteiger partial charge >= 0.3 is 11.7 Å². The number of hydrogen-bond donors (Lipinski definition) is 0. The Morgan fingerprint density at radius 1 is 1.19 bits per heavy atom. The Kier molecular flexibility index (Phi) is 8.77. The lowest BCUT2D eigenvalue weighted by atomic mass is 9.92. The van der Waals surface area contributed by atoms with Crippen molar-refractivity contribution in [1.82, 2.24) is 0 Å². The SMILES string of the molecule is C/C=C/C(=O)Oc1c(C(C=O)CCCCCC)cc([N+](=O)[O-])cc1[N+](=O)[O-]. The Hall–Kier alpha value is -3.10. The molecule has 146 valence electrons. The van der Waals surface area contributed by atoms with Crippen LogP contribution in [0.2, 0.25) is 0 Å². The number of non-ortho nitro benzene ring substituents is 1. The molecule has 0 aliphatic rings. The third-order valence-electron chi connectivity index (χ3n) is 3.93. The molecule has 0 aliphatic carbocycles. The second-order valence-electron chi connectivity index (χ2n) is 5.91. The van der Waals surface area contributed by atoms with Gasteiger partial charge in [0.25, 0.3) is 5.69 Å². The third kappa shape index (κ3) is 6.28. The number of nitrogens with zero attached hydrogens (tertiary/aromatic N) is 2. The summed E-state index contributed by atoms with van der Waals surface area (Å²) in [6, 6.07) is 1.78. The molecule has 0 amide bonds. The fourth-order valence-electron chi connectivity index (χ4n) is 2.61. The number of benzene rings is 1. The number of allylic oxidation sites excluding steroid dienone is 1. The van der Waals surface area contributed by atoms with Crippen molar-refractivity contribution < 1.29 is 24.2 Å². The predicted molar refractivity (Wildman–Crippen MR) is 97.8 cm³/mol. The average Bonchev–Trinajstić information content (AvgIpc) is 2.62. The van der Waals surface area contributed by atoms with Crippen LogP contribution in [0.15, 0.2) is 24.3 Å². The molecule has 0 heterocycles. The maximum absolute atomic E-state index is 11.8. The lowest BCUT2D eigenvalue weighted by Gasteiger charge is -2.15. The van der Waals surface area contributed by atoms with Gasteiger partial charge in [-0.15, -0.1) is 0 Å². The van der Waals surface area contributed by atoms with Gasteiger partial charge in [-0.1, -0.05) is 38.7 Å². The van der Waals surface area contributed by atoms with E-state index in [4.69, 9.17) is 4.74 Å². The molecule has 0 N–H and O–H groups in total. The number of rotatable bonds is 11. The lowest BCUT2D eigenvalue weighted by Crippen LogP contribution is -2.12. The van der Waals surface area contributed by atoms with Gasteiger partial charge in [0.05, 0.1) is 15.9 Å². The second kappa shape index (κ2) is 10.8. The van der Waals surface area contributed by atoms with Gasteiger partial charge in [-0.25, -0.2) is 4.79 Å². The van der Waals surface area contributed by atoms with Crippen LogP contribution in [0.5, 0.6) is 5.75 Å². The first-order chi connectivity index (χ1) is 12.8. The first-order valence-corrected chi connectivity index (χ1v) is 8.62. The highest BCUT2D eigenvalue weighted by Crippen LogP contribution is 2.40. The van der Waals surface area contributed by atoms with Gasteiger partial charge in [0.15, 0.2) is 0 Å². The number of unbranched alkanes of at least 4 members (excludes halogenated alkanes) is 3. The topological polar surface area (TPSA) is 130 Å². The van der Waals surface area contributed by atoms with E-state index in [2.05, 4.69) is 0 Å². The molecule has 0 aromatic heterocycles. The van der Waals surface area contributed by atoms with Crippen LogP contribution in [0.1, 0.15) is 57.4 Å². The second-order valence-corrected chi connectivity index (χ2v) is 5.91. The molecule has 0 bridgehead atoms. The summed E-state index contributed by atoms with van der Waals surface area (Å²) < 4.78 is 5.07. The van der Waals surface area contributed by atoms with Crippen molar-refractivity contribution in [3.63, 3.8) is 0 Å². The summed E-state index contributed by atoms with van der Waals surface area (Å²) >= 11 is 0. The van der Waals surface area contributed by atoms with Crippen molar-refractivity contribution in [1.29, 1.82) is 0 Å². The predicted octanol–water partition coefficient (Wildman–Crippen LogP) is 4.24. The molecule has 1 rings (SSSR count). The highest BCUT2D eigenvalue weighted by Gasteiger charge is 2.30. The van der Waals surface area contributed by atoms with Crippen LogP contribution in [0.25, 0.3) is 0 Å². The highest BCUT2D eigenvalue weighted by atomic mass is 16.6. The van der Waals surface area contributed by atoms with Crippen molar-refractivity contribution in [3.8, 4) is 5.75 Å². The van der Waals surface area contributed by atoms with Crippen molar-refractivity contribution in [3.05, 3.63) is 50.1 Å². The van der Waals surface area contributed by atoms with E-state index in [-0.39, 0.29) is 5.56 Å². The molecular weight excluding hydrogens is 356 g/mol. The molecule has 1 unspecified atom stereocenters. The summed E-state index contributed by atoms with van der Waals surface area (Å²) in [6.07, 6.45) is 6.83. The summed E-state index contributed by atoms with van der Waals surface area (Å²) in [4.78, 5) is 44.3. The number of hydrogen-bond acceptors (Lipinski definition) is 7. The Balaban J connectivity index is 3.45. The van der Waals surface area contributed by atoms with E-state index in [0.717, 1.165) is 37.5 Å². The normalized spacial score (nSPS) is 11.9. The first kappa shape index (κ1) is 21.9. The van der Waals surface area contributed by atoms with E-state index in [1.54, 1.807) is 6.92 Å². The molecule has 1 atom stereocenters. The van der Waals surface area contributed by atoms with Crippen LogP contribution < -0.4 is 4.74 Å². The number of nitro benzene ring substituents is 2. The standard InChI is InChI=1S/C18H22N2O7/c1-3-5-6-7-9-13(12-21)15-10-14(19(23)24)11-16(20(25)26)18(15)27-17(22)8-4-2/h4,8,10-13H,3,5-7,9H2,1-2H3/b8-4+. The van der Waals surface area contributed by atoms with Crippen molar-refractivity contribution in [2.45, 2.75) is 51.9 Å². The molecule has 0 saturated carbocycles. The Morgan fingerprint density at radius 3 is 2.41 bits per heavy atom. The van der Waals surface area contributed by atoms with E-state index in [1.807, 2.05) is 6.92 Å². The van der Waals surface area contributed by atoms with Crippen molar-refractivity contribution >= 4 is 23.6 Å². The molecule has 0 spiro atoms. The molecule has 1 aromatic rings. The van der Waals surface area contributed by atoms with Crippen LogP contribution >= 0.6 is 0 Å². The van der Waals surface area contributed by atoms with Crippen LogP contribution in [0, 0.1) is 20.2 Å². The number of carbonyl (C=O) groups is 2. The third-order valence-corrected chi connectivity index (χ3v) is 3.93. The Bertz CT molecular complexity index is 743. The summed E-state index contributed by atoms with van der Waals surface area (Å²) in [6.45, 7) is 3.59. The fraction of sp³-hybridized carbons (Fsp3) is 0.444. The summed E-state index contributed by atoms with van der Waals surface area (Å²) in [5.74, 6) is -2.15.